The van der Waals surface area contributed by atoms with Gasteiger partial charge >= 0.3 is 0 Å². The zero-order valence-corrected chi connectivity index (χ0v) is 19.1. The Hall–Kier alpha value is -1.57. The second kappa shape index (κ2) is 15.3. The Morgan fingerprint density at radius 2 is 1.41 bits per heavy atom. The standard InChI is InChI=1S/C27H44N2/c1-3-5-7-8-9-10-11-12-16-20-27(29-22-21-28-24-29)26(19-6-4-2)23-25-17-14-13-15-18-25/h13-15,17-18,21-22,24,26-27H,3-12,16,19-20,23H2,1-2H3. The predicted octanol–water partition coefficient (Wildman–Crippen LogP) is 8.39. The Balaban J connectivity index is 1.86. The smallest absolute Gasteiger partial charge is 0.0948 e. The van der Waals surface area contributed by atoms with Crippen LogP contribution in [0, 0.1) is 5.92 Å². The summed E-state index contributed by atoms with van der Waals surface area (Å²) in [6.45, 7) is 4.61. The molecule has 0 aliphatic heterocycles. The van der Waals surface area contributed by atoms with Gasteiger partial charge in [0.1, 0.15) is 0 Å². The quantitative estimate of drug-likeness (QED) is 0.245. The highest BCUT2D eigenvalue weighted by atomic mass is 15.1. The second-order valence-electron chi connectivity index (χ2n) is 8.79. The highest BCUT2D eigenvalue weighted by Crippen LogP contribution is 2.32. The summed E-state index contributed by atoms with van der Waals surface area (Å²) >= 11 is 0. The molecule has 0 amide bonds. The molecule has 2 rings (SSSR count). The lowest BCUT2D eigenvalue weighted by Gasteiger charge is -2.29. The number of aromatic nitrogens is 2. The summed E-state index contributed by atoms with van der Waals surface area (Å²) in [6.07, 6.45) is 25.1. The molecule has 0 aliphatic carbocycles. The van der Waals surface area contributed by atoms with Gasteiger partial charge in [0.15, 0.2) is 0 Å². The van der Waals surface area contributed by atoms with Crippen LogP contribution in [0.5, 0.6) is 0 Å². The van der Waals surface area contributed by atoms with Gasteiger partial charge in [-0.15, -0.1) is 0 Å². The highest BCUT2D eigenvalue weighted by molar-refractivity contribution is 5.15. The van der Waals surface area contributed by atoms with Crippen LogP contribution in [0.3, 0.4) is 0 Å². The van der Waals surface area contributed by atoms with Gasteiger partial charge < -0.3 is 4.57 Å². The lowest BCUT2D eigenvalue weighted by Crippen LogP contribution is -2.21. The van der Waals surface area contributed by atoms with Crippen molar-refractivity contribution >= 4 is 0 Å². The van der Waals surface area contributed by atoms with Crippen molar-refractivity contribution < 1.29 is 0 Å². The molecule has 0 saturated heterocycles. The normalized spacial score (nSPS) is 13.4. The van der Waals surface area contributed by atoms with Crippen LogP contribution in [-0.2, 0) is 6.42 Å². The summed E-state index contributed by atoms with van der Waals surface area (Å²) in [4.78, 5) is 4.37. The fourth-order valence-corrected chi connectivity index (χ4v) is 4.57. The molecule has 2 atom stereocenters. The van der Waals surface area contributed by atoms with Crippen LogP contribution >= 0.6 is 0 Å². The number of hydrogen-bond donors (Lipinski definition) is 0. The Morgan fingerprint density at radius 1 is 0.759 bits per heavy atom. The first kappa shape index (κ1) is 23.7. The largest absolute Gasteiger partial charge is 0.334 e. The third kappa shape index (κ3) is 9.65. The molecular weight excluding hydrogens is 352 g/mol. The van der Waals surface area contributed by atoms with E-state index < -0.39 is 0 Å². The monoisotopic (exact) mass is 396 g/mol. The van der Waals surface area contributed by atoms with Gasteiger partial charge in [-0.3, -0.25) is 0 Å². The van der Waals surface area contributed by atoms with Gasteiger partial charge in [-0.1, -0.05) is 115 Å². The average molecular weight is 397 g/mol. The molecule has 0 fully saturated rings. The summed E-state index contributed by atoms with van der Waals surface area (Å²) in [7, 11) is 0. The summed E-state index contributed by atoms with van der Waals surface area (Å²) in [5, 5.41) is 0. The van der Waals surface area contributed by atoms with E-state index in [4.69, 9.17) is 0 Å². The van der Waals surface area contributed by atoms with Gasteiger partial charge in [-0.25, -0.2) is 4.98 Å². The molecule has 0 spiro atoms. The summed E-state index contributed by atoms with van der Waals surface area (Å²) in [5.41, 5.74) is 1.48. The minimum Gasteiger partial charge on any atom is -0.334 e. The van der Waals surface area contributed by atoms with E-state index in [9.17, 15) is 0 Å². The van der Waals surface area contributed by atoms with E-state index in [1.165, 1.54) is 95.5 Å². The molecule has 2 aromatic rings. The minimum atomic E-state index is 0.578. The highest BCUT2D eigenvalue weighted by Gasteiger charge is 2.22. The molecule has 2 unspecified atom stereocenters. The molecule has 1 heterocycles. The van der Waals surface area contributed by atoms with Crippen molar-refractivity contribution in [3.63, 3.8) is 0 Å². The maximum atomic E-state index is 4.37. The van der Waals surface area contributed by atoms with Gasteiger partial charge in [0.2, 0.25) is 0 Å². The molecule has 0 bridgehead atoms. The number of nitrogens with zero attached hydrogens (tertiary/aromatic N) is 2. The van der Waals surface area contributed by atoms with Crippen molar-refractivity contribution in [1.29, 1.82) is 0 Å². The van der Waals surface area contributed by atoms with Crippen LogP contribution in [0.1, 0.15) is 109 Å². The first-order chi connectivity index (χ1) is 14.3. The molecule has 0 N–H and O–H groups in total. The van der Waals surface area contributed by atoms with Crippen molar-refractivity contribution in [2.75, 3.05) is 0 Å². The van der Waals surface area contributed by atoms with Gasteiger partial charge in [-0.2, -0.15) is 0 Å². The van der Waals surface area contributed by atoms with Gasteiger partial charge in [0.05, 0.1) is 6.33 Å². The van der Waals surface area contributed by atoms with E-state index >= 15 is 0 Å². The number of benzene rings is 1. The van der Waals surface area contributed by atoms with Crippen molar-refractivity contribution in [3.8, 4) is 0 Å². The molecule has 0 saturated carbocycles. The number of unbranched alkanes of at least 4 members (excludes halogenated alkanes) is 9. The second-order valence-corrected chi connectivity index (χ2v) is 8.79. The summed E-state index contributed by atoms with van der Waals surface area (Å²) in [6, 6.07) is 11.6. The Kier molecular flexibility index (Phi) is 12.5. The molecule has 0 aliphatic rings. The van der Waals surface area contributed by atoms with Gasteiger partial charge in [0, 0.05) is 18.4 Å². The maximum absolute atomic E-state index is 4.37. The van der Waals surface area contributed by atoms with Crippen LogP contribution in [0.2, 0.25) is 0 Å². The van der Waals surface area contributed by atoms with E-state index in [1.54, 1.807) is 0 Å². The zero-order chi connectivity index (χ0) is 20.6. The third-order valence-electron chi connectivity index (χ3n) is 6.32. The SMILES string of the molecule is CCCCCCCCCCCC(C(CCCC)Cc1ccccc1)n1ccnc1. The molecule has 2 heteroatoms. The fourth-order valence-electron chi connectivity index (χ4n) is 4.57. The van der Waals surface area contributed by atoms with E-state index in [2.05, 4.69) is 59.9 Å². The molecule has 1 aromatic heterocycles. The van der Waals surface area contributed by atoms with E-state index in [0.717, 1.165) is 0 Å². The predicted molar refractivity (Wildman–Crippen MR) is 126 cm³/mol. The van der Waals surface area contributed by atoms with Crippen LogP contribution < -0.4 is 0 Å². The summed E-state index contributed by atoms with van der Waals surface area (Å²) in [5.74, 6) is 0.695. The maximum Gasteiger partial charge on any atom is 0.0948 e. The lowest BCUT2D eigenvalue weighted by molar-refractivity contribution is 0.277. The topological polar surface area (TPSA) is 17.8 Å². The molecule has 2 nitrogen and oxygen atoms in total. The van der Waals surface area contributed by atoms with Crippen LogP contribution in [0.25, 0.3) is 0 Å². The Morgan fingerprint density at radius 3 is 2.03 bits per heavy atom. The van der Waals surface area contributed by atoms with Crippen LogP contribution in [0.4, 0.5) is 0 Å². The molecule has 29 heavy (non-hydrogen) atoms. The van der Waals surface area contributed by atoms with Crippen molar-refractivity contribution in [2.45, 2.75) is 110 Å². The van der Waals surface area contributed by atoms with Crippen molar-refractivity contribution in [3.05, 3.63) is 54.6 Å². The first-order valence-electron chi connectivity index (χ1n) is 12.4. The van der Waals surface area contributed by atoms with E-state index in [0.29, 0.717) is 12.0 Å². The average Bonchev–Trinajstić information content (AvgIpc) is 3.28. The molecule has 0 radical (unpaired) electrons. The Labute approximate surface area is 180 Å². The molecule has 1 aromatic carbocycles. The zero-order valence-electron chi connectivity index (χ0n) is 19.1. The van der Waals surface area contributed by atoms with Gasteiger partial charge in [-0.05, 0) is 30.7 Å². The van der Waals surface area contributed by atoms with E-state index in [1.807, 2.05) is 12.5 Å². The van der Waals surface area contributed by atoms with Crippen LogP contribution in [-0.4, -0.2) is 9.55 Å². The minimum absolute atomic E-state index is 0.578. The first-order valence-corrected chi connectivity index (χ1v) is 12.4. The Bertz CT molecular complexity index is 590. The van der Waals surface area contributed by atoms with Gasteiger partial charge in [0.25, 0.3) is 0 Å². The third-order valence-corrected chi connectivity index (χ3v) is 6.32. The fraction of sp³-hybridized carbons (Fsp3) is 0.667. The lowest BCUT2D eigenvalue weighted by atomic mass is 9.85. The summed E-state index contributed by atoms with van der Waals surface area (Å²) < 4.78 is 2.40. The van der Waals surface area contributed by atoms with Crippen LogP contribution in [0.15, 0.2) is 49.1 Å². The van der Waals surface area contributed by atoms with E-state index in [-0.39, 0.29) is 0 Å². The molecular formula is C27H44N2. The number of rotatable bonds is 17. The number of imidazole rings is 1. The van der Waals surface area contributed by atoms with Crippen molar-refractivity contribution in [1.82, 2.24) is 9.55 Å². The number of hydrogen-bond acceptors (Lipinski definition) is 1. The van der Waals surface area contributed by atoms with Crippen molar-refractivity contribution in [2.24, 2.45) is 5.92 Å². The molecule has 162 valence electrons.